The average molecular weight is 272 g/mol. The predicted molar refractivity (Wildman–Crippen MR) is 77.1 cm³/mol. The topological polar surface area (TPSA) is 41.6 Å². The van der Waals surface area contributed by atoms with Crippen molar-refractivity contribution >= 4 is 5.91 Å². The Kier molecular flexibility index (Phi) is 3.59. The Labute approximate surface area is 119 Å². The summed E-state index contributed by atoms with van der Waals surface area (Å²) in [6.45, 7) is 8.90. The lowest BCUT2D eigenvalue weighted by molar-refractivity contribution is -0.186. The van der Waals surface area contributed by atoms with Crippen LogP contribution in [0.15, 0.2) is 42.5 Å². The van der Waals surface area contributed by atoms with Gasteiger partial charge in [0.05, 0.1) is 13.2 Å². The number of benzene rings is 1. The molecule has 20 heavy (non-hydrogen) atoms. The van der Waals surface area contributed by atoms with Crippen molar-refractivity contribution in [3.8, 4) is 0 Å². The van der Waals surface area contributed by atoms with Gasteiger partial charge in [0.2, 0.25) is 5.91 Å². The first-order chi connectivity index (χ1) is 9.67. The molecule has 0 aliphatic carbocycles. The van der Waals surface area contributed by atoms with Crippen molar-refractivity contribution in [3.05, 3.63) is 48.0 Å². The van der Waals surface area contributed by atoms with Gasteiger partial charge >= 0.3 is 0 Å². The maximum absolute atomic E-state index is 12.0. The summed E-state index contributed by atoms with van der Waals surface area (Å²) in [5, 5.41) is 2.91. The van der Waals surface area contributed by atoms with Gasteiger partial charge in [0, 0.05) is 37.2 Å². The van der Waals surface area contributed by atoms with Gasteiger partial charge in [-0.05, 0) is 5.56 Å². The molecular formula is C16H20N2O2. The summed E-state index contributed by atoms with van der Waals surface area (Å²) in [6.07, 6.45) is 0. The predicted octanol–water partition coefficient (Wildman–Crippen LogP) is 1.19. The van der Waals surface area contributed by atoms with Crippen LogP contribution < -0.4 is 5.32 Å². The second kappa shape index (κ2) is 5.38. The Bertz CT molecular complexity index is 500. The summed E-state index contributed by atoms with van der Waals surface area (Å²) in [7, 11) is 0. The van der Waals surface area contributed by atoms with Crippen LogP contribution in [0.4, 0.5) is 0 Å². The number of ether oxygens (including phenoxy) is 1. The Morgan fingerprint density at radius 2 is 2.00 bits per heavy atom. The van der Waals surface area contributed by atoms with Gasteiger partial charge in [-0.1, -0.05) is 36.9 Å². The third-order valence-electron chi connectivity index (χ3n) is 3.97. The molecule has 4 heteroatoms. The SMILES string of the molecule is C=C(CN1CC2(COC2)C1)C(=O)NCc1ccccc1. The smallest absolute Gasteiger partial charge is 0.248 e. The summed E-state index contributed by atoms with van der Waals surface area (Å²) in [5.41, 5.74) is 2.13. The van der Waals surface area contributed by atoms with Crippen molar-refractivity contribution in [1.82, 2.24) is 10.2 Å². The van der Waals surface area contributed by atoms with Crippen molar-refractivity contribution in [2.45, 2.75) is 6.54 Å². The Hall–Kier alpha value is -1.65. The summed E-state index contributed by atoms with van der Waals surface area (Å²) < 4.78 is 5.24. The van der Waals surface area contributed by atoms with Crippen LogP contribution in [0.25, 0.3) is 0 Å². The molecule has 2 aliphatic rings. The number of amides is 1. The summed E-state index contributed by atoms with van der Waals surface area (Å²) in [5.74, 6) is -0.0559. The molecule has 2 heterocycles. The molecule has 0 atom stereocenters. The fraction of sp³-hybridized carbons (Fsp3) is 0.438. The van der Waals surface area contributed by atoms with E-state index in [9.17, 15) is 4.79 Å². The molecule has 0 bridgehead atoms. The van der Waals surface area contributed by atoms with E-state index < -0.39 is 0 Å². The van der Waals surface area contributed by atoms with E-state index in [2.05, 4.69) is 16.8 Å². The van der Waals surface area contributed by atoms with Crippen molar-refractivity contribution in [2.24, 2.45) is 5.41 Å². The summed E-state index contributed by atoms with van der Waals surface area (Å²) in [6, 6.07) is 9.90. The van der Waals surface area contributed by atoms with Gasteiger partial charge in [-0.15, -0.1) is 0 Å². The average Bonchev–Trinajstić information content (AvgIpc) is 2.38. The first-order valence-corrected chi connectivity index (χ1v) is 6.97. The van der Waals surface area contributed by atoms with Crippen molar-refractivity contribution < 1.29 is 9.53 Å². The largest absolute Gasteiger partial charge is 0.380 e. The molecule has 4 nitrogen and oxygen atoms in total. The first-order valence-electron chi connectivity index (χ1n) is 6.97. The number of likely N-dealkylation sites (tertiary alicyclic amines) is 1. The molecule has 1 aromatic carbocycles. The quantitative estimate of drug-likeness (QED) is 0.819. The highest BCUT2D eigenvalue weighted by Crippen LogP contribution is 2.37. The van der Waals surface area contributed by atoms with Crippen molar-refractivity contribution in [3.63, 3.8) is 0 Å². The van der Waals surface area contributed by atoms with Gasteiger partial charge in [0.25, 0.3) is 0 Å². The van der Waals surface area contributed by atoms with Gasteiger partial charge in [-0.2, -0.15) is 0 Å². The fourth-order valence-electron chi connectivity index (χ4n) is 2.83. The van der Waals surface area contributed by atoms with Gasteiger partial charge in [-0.25, -0.2) is 0 Å². The third kappa shape index (κ3) is 2.76. The standard InChI is InChI=1S/C16H20N2O2/c1-13(8-18-9-16(10-18)11-20-12-16)15(19)17-7-14-5-3-2-4-6-14/h2-6H,1,7-12H2,(H,17,19). The highest BCUT2D eigenvalue weighted by Gasteiger charge is 2.48. The normalized spacial score (nSPS) is 20.0. The number of nitrogens with one attached hydrogen (secondary N) is 1. The molecule has 0 unspecified atom stereocenters. The fourth-order valence-corrected chi connectivity index (χ4v) is 2.83. The molecular weight excluding hydrogens is 252 g/mol. The van der Waals surface area contributed by atoms with E-state index in [1.54, 1.807) is 0 Å². The lowest BCUT2D eigenvalue weighted by atomic mass is 9.78. The number of carbonyl (C=O) groups is 1. The highest BCUT2D eigenvalue weighted by atomic mass is 16.5. The van der Waals surface area contributed by atoms with Crippen LogP contribution in [0, 0.1) is 5.41 Å². The molecule has 1 aromatic rings. The molecule has 2 fully saturated rings. The zero-order chi connectivity index (χ0) is 14.0. The van der Waals surface area contributed by atoms with Crippen LogP contribution in [-0.4, -0.2) is 43.7 Å². The van der Waals surface area contributed by atoms with E-state index in [1.165, 1.54) is 0 Å². The van der Waals surface area contributed by atoms with Gasteiger partial charge < -0.3 is 10.1 Å². The van der Waals surface area contributed by atoms with Crippen LogP contribution >= 0.6 is 0 Å². The Morgan fingerprint density at radius 3 is 2.60 bits per heavy atom. The van der Waals surface area contributed by atoms with E-state index >= 15 is 0 Å². The monoisotopic (exact) mass is 272 g/mol. The van der Waals surface area contributed by atoms with E-state index in [1.807, 2.05) is 30.3 Å². The van der Waals surface area contributed by atoms with Gasteiger partial charge in [0.15, 0.2) is 0 Å². The number of nitrogens with zero attached hydrogens (tertiary/aromatic N) is 1. The molecule has 3 rings (SSSR count). The second-order valence-corrected chi connectivity index (χ2v) is 5.91. The minimum atomic E-state index is -0.0559. The number of rotatable bonds is 5. The van der Waals surface area contributed by atoms with Crippen LogP contribution in [0.5, 0.6) is 0 Å². The van der Waals surface area contributed by atoms with E-state index in [0.717, 1.165) is 31.9 Å². The highest BCUT2D eigenvalue weighted by molar-refractivity contribution is 5.93. The van der Waals surface area contributed by atoms with E-state index in [4.69, 9.17) is 4.74 Å². The molecule has 106 valence electrons. The van der Waals surface area contributed by atoms with Crippen molar-refractivity contribution in [2.75, 3.05) is 32.8 Å². The number of hydrogen-bond acceptors (Lipinski definition) is 3. The zero-order valence-corrected chi connectivity index (χ0v) is 11.6. The van der Waals surface area contributed by atoms with Crippen molar-refractivity contribution in [1.29, 1.82) is 0 Å². The number of hydrogen-bond donors (Lipinski definition) is 1. The Morgan fingerprint density at radius 1 is 1.30 bits per heavy atom. The molecule has 0 aromatic heterocycles. The maximum Gasteiger partial charge on any atom is 0.248 e. The third-order valence-corrected chi connectivity index (χ3v) is 3.97. The van der Waals surface area contributed by atoms with Crippen LogP contribution in [-0.2, 0) is 16.1 Å². The minimum absolute atomic E-state index is 0.0559. The van der Waals surface area contributed by atoms with Gasteiger partial charge in [0.1, 0.15) is 0 Å². The molecule has 2 aliphatic heterocycles. The summed E-state index contributed by atoms with van der Waals surface area (Å²) >= 11 is 0. The summed E-state index contributed by atoms with van der Waals surface area (Å²) in [4.78, 5) is 14.2. The van der Waals surface area contributed by atoms with E-state index in [-0.39, 0.29) is 5.91 Å². The number of carbonyl (C=O) groups excluding carboxylic acids is 1. The van der Waals surface area contributed by atoms with Gasteiger partial charge in [-0.3, -0.25) is 9.69 Å². The molecule has 1 spiro atoms. The molecule has 1 amide bonds. The maximum atomic E-state index is 12.0. The van der Waals surface area contributed by atoms with Crippen LogP contribution in [0.3, 0.4) is 0 Å². The van der Waals surface area contributed by atoms with Crippen LogP contribution in [0.2, 0.25) is 0 Å². The molecule has 0 radical (unpaired) electrons. The molecule has 0 saturated carbocycles. The Balaban J connectivity index is 1.40. The van der Waals surface area contributed by atoms with E-state index in [0.29, 0.717) is 24.1 Å². The lowest BCUT2D eigenvalue weighted by Crippen LogP contribution is -2.66. The first kappa shape index (κ1) is 13.3. The second-order valence-electron chi connectivity index (χ2n) is 5.91. The molecule has 2 saturated heterocycles. The van der Waals surface area contributed by atoms with Crippen LogP contribution in [0.1, 0.15) is 5.56 Å². The zero-order valence-electron chi connectivity index (χ0n) is 11.6. The minimum Gasteiger partial charge on any atom is -0.380 e. The molecule has 1 N–H and O–H groups in total. The lowest BCUT2D eigenvalue weighted by Gasteiger charge is -2.55.